The van der Waals surface area contributed by atoms with Crippen LogP contribution >= 0.6 is 11.6 Å². The Labute approximate surface area is 117 Å². The minimum atomic E-state index is 0.622. The van der Waals surface area contributed by atoms with Gasteiger partial charge in [-0.3, -0.25) is 4.90 Å². The number of hydrogen-bond donors (Lipinski definition) is 1. The number of hydrogen-bond acceptors (Lipinski definition) is 2. The van der Waals surface area contributed by atoms with Gasteiger partial charge in [0.25, 0.3) is 0 Å². The molecule has 2 rings (SSSR count). The van der Waals surface area contributed by atoms with E-state index >= 15 is 0 Å². The van der Waals surface area contributed by atoms with Crippen LogP contribution in [0.4, 0.5) is 0 Å². The van der Waals surface area contributed by atoms with Crippen molar-refractivity contribution >= 4 is 11.6 Å². The zero-order chi connectivity index (χ0) is 13.0. The molecule has 2 aliphatic rings. The van der Waals surface area contributed by atoms with E-state index in [1.54, 1.807) is 5.54 Å². The summed E-state index contributed by atoms with van der Waals surface area (Å²) >= 11 is 5.80. The molecule has 0 bridgehead atoms. The standard InChI is InChI=1S/C15H27ClN2/c1-12(8-16)10-18-11-15(17-9-13(18)2)14-6-4-3-5-7-14/h8,13-15,17H,3-7,9-11H2,1-2H3. The lowest BCUT2D eigenvalue weighted by Crippen LogP contribution is -2.58. The third kappa shape index (κ3) is 3.72. The van der Waals surface area contributed by atoms with Gasteiger partial charge in [0.2, 0.25) is 0 Å². The zero-order valence-electron chi connectivity index (χ0n) is 11.8. The van der Waals surface area contributed by atoms with Crippen molar-refractivity contribution < 1.29 is 0 Å². The quantitative estimate of drug-likeness (QED) is 0.846. The molecule has 0 aromatic rings. The number of piperazine rings is 1. The maximum Gasteiger partial charge on any atom is 0.0224 e. The van der Waals surface area contributed by atoms with Gasteiger partial charge >= 0.3 is 0 Å². The van der Waals surface area contributed by atoms with Crippen molar-refractivity contribution in [3.05, 3.63) is 11.1 Å². The van der Waals surface area contributed by atoms with Gasteiger partial charge in [-0.05, 0) is 38.2 Å². The summed E-state index contributed by atoms with van der Waals surface area (Å²) < 4.78 is 0. The molecule has 1 aliphatic carbocycles. The van der Waals surface area contributed by atoms with Crippen LogP contribution < -0.4 is 5.32 Å². The molecule has 3 heteroatoms. The highest BCUT2D eigenvalue weighted by Gasteiger charge is 2.30. The smallest absolute Gasteiger partial charge is 0.0224 e. The summed E-state index contributed by atoms with van der Waals surface area (Å²) in [6, 6.07) is 1.32. The molecule has 0 aromatic heterocycles. The molecule has 0 aromatic carbocycles. The van der Waals surface area contributed by atoms with E-state index in [-0.39, 0.29) is 0 Å². The van der Waals surface area contributed by atoms with Crippen LogP contribution in [0.3, 0.4) is 0 Å². The number of nitrogens with zero attached hydrogens (tertiary/aromatic N) is 1. The van der Waals surface area contributed by atoms with E-state index in [0.717, 1.165) is 19.0 Å². The first kappa shape index (κ1) is 14.4. The Morgan fingerprint density at radius 2 is 2.06 bits per heavy atom. The van der Waals surface area contributed by atoms with Gasteiger partial charge in [-0.2, -0.15) is 0 Å². The van der Waals surface area contributed by atoms with Crippen molar-refractivity contribution in [2.24, 2.45) is 5.92 Å². The van der Waals surface area contributed by atoms with Gasteiger partial charge in [0.1, 0.15) is 0 Å². The van der Waals surface area contributed by atoms with Gasteiger partial charge in [0.15, 0.2) is 0 Å². The molecule has 104 valence electrons. The molecule has 0 spiro atoms. The van der Waals surface area contributed by atoms with Crippen LogP contribution in [0.5, 0.6) is 0 Å². The lowest BCUT2D eigenvalue weighted by atomic mass is 9.82. The van der Waals surface area contributed by atoms with Crippen molar-refractivity contribution in [2.75, 3.05) is 19.6 Å². The highest BCUT2D eigenvalue weighted by molar-refractivity contribution is 6.25. The molecule has 1 saturated heterocycles. The molecular weight excluding hydrogens is 244 g/mol. The molecule has 2 fully saturated rings. The molecule has 1 aliphatic heterocycles. The lowest BCUT2D eigenvalue weighted by Gasteiger charge is -2.43. The topological polar surface area (TPSA) is 15.3 Å². The Morgan fingerprint density at radius 1 is 1.33 bits per heavy atom. The van der Waals surface area contributed by atoms with E-state index in [1.165, 1.54) is 44.2 Å². The fourth-order valence-electron chi connectivity index (χ4n) is 3.38. The third-order valence-corrected chi connectivity index (χ3v) is 4.96. The van der Waals surface area contributed by atoms with Gasteiger partial charge in [-0.15, -0.1) is 0 Å². The monoisotopic (exact) mass is 270 g/mol. The van der Waals surface area contributed by atoms with Crippen LogP contribution in [0, 0.1) is 5.92 Å². The summed E-state index contributed by atoms with van der Waals surface area (Å²) in [6.07, 6.45) is 7.14. The lowest BCUT2D eigenvalue weighted by molar-refractivity contribution is 0.113. The molecule has 2 atom stereocenters. The first-order chi connectivity index (χ1) is 8.70. The Morgan fingerprint density at radius 3 is 2.72 bits per heavy atom. The predicted molar refractivity (Wildman–Crippen MR) is 79.0 cm³/mol. The number of halogens is 1. The first-order valence-electron chi connectivity index (χ1n) is 7.44. The summed E-state index contributed by atoms with van der Waals surface area (Å²) in [7, 11) is 0. The largest absolute Gasteiger partial charge is 0.311 e. The van der Waals surface area contributed by atoms with Gasteiger partial charge < -0.3 is 5.32 Å². The molecule has 1 N–H and O–H groups in total. The molecule has 0 amide bonds. The summed E-state index contributed by atoms with van der Waals surface area (Å²) in [5, 5.41) is 3.77. The predicted octanol–water partition coefficient (Wildman–Crippen LogP) is 3.37. The van der Waals surface area contributed by atoms with Crippen LogP contribution in [0.1, 0.15) is 46.0 Å². The van der Waals surface area contributed by atoms with E-state index in [0.29, 0.717) is 12.1 Å². The highest BCUT2D eigenvalue weighted by Crippen LogP contribution is 2.28. The Balaban J connectivity index is 1.90. The summed E-state index contributed by atoms with van der Waals surface area (Å²) in [4.78, 5) is 2.59. The van der Waals surface area contributed by atoms with Gasteiger partial charge in [0, 0.05) is 37.3 Å². The molecule has 1 saturated carbocycles. The zero-order valence-corrected chi connectivity index (χ0v) is 12.5. The molecule has 2 nitrogen and oxygen atoms in total. The van der Waals surface area contributed by atoms with Crippen molar-refractivity contribution in [2.45, 2.75) is 58.0 Å². The van der Waals surface area contributed by atoms with E-state index in [9.17, 15) is 0 Å². The van der Waals surface area contributed by atoms with Crippen molar-refractivity contribution in [1.82, 2.24) is 10.2 Å². The molecular formula is C15H27ClN2. The number of nitrogens with one attached hydrogen (secondary N) is 1. The molecule has 18 heavy (non-hydrogen) atoms. The maximum atomic E-state index is 5.80. The average Bonchev–Trinajstić information content (AvgIpc) is 2.42. The number of rotatable bonds is 3. The van der Waals surface area contributed by atoms with Crippen LogP contribution in [0.2, 0.25) is 0 Å². The summed E-state index contributed by atoms with van der Waals surface area (Å²) in [5.41, 5.74) is 3.00. The summed E-state index contributed by atoms with van der Waals surface area (Å²) in [6.45, 7) is 7.77. The maximum absolute atomic E-state index is 5.80. The van der Waals surface area contributed by atoms with E-state index in [2.05, 4.69) is 24.1 Å². The minimum absolute atomic E-state index is 0.622. The van der Waals surface area contributed by atoms with E-state index < -0.39 is 0 Å². The van der Waals surface area contributed by atoms with Gasteiger partial charge in [-0.1, -0.05) is 30.9 Å². The van der Waals surface area contributed by atoms with Crippen molar-refractivity contribution in [3.63, 3.8) is 0 Å². The third-order valence-electron chi connectivity index (χ3n) is 4.59. The summed E-state index contributed by atoms with van der Waals surface area (Å²) in [5.74, 6) is 0.897. The average molecular weight is 271 g/mol. The van der Waals surface area contributed by atoms with Gasteiger partial charge in [-0.25, -0.2) is 0 Å². The van der Waals surface area contributed by atoms with Crippen molar-refractivity contribution in [3.8, 4) is 0 Å². The van der Waals surface area contributed by atoms with Crippen LogP contribution in [0.15, 0.2) is 11.1 Å². The van der Waals surface area contributed by atoms with E-state index in [4.69, 9.17) is 11.6 Å². The van der Waals surface area contributed by atoms with E-state index in [1.807, 2.05) is 0 Å². The minimum Gasteiger partial charge on any atom is -0.311 e. The SMILES string of the molecule is CC(=CCl)CN1CC(C2CCCCC2)NCC1C. The van der Waals surface area contributed by atoms with Crippen LogP contribution in [-0.4, -0.2) is 36.6 Å². The molecule has 1 heterocycles. The second-order valence-corrected chi connectivity index (χ2v) is 6.36. The second kappa shape index (κ2) is 6.93. The van der Waals surface area contributed by atoms with Crippen LogP contribution in [0.25, 0.3) is 0 Å². The fourth-order valence-corrected chi connectivity index (χ4v) is 3.44. The highest BCUT2D eigenvalue weighted by atomic mass is 35.5. The van der Waals surface area contributed by atoms with Crippen LogP contribution in [-0.2, 0) is 0 Å². The fraction of sp³-hybridized carbons (Fsp3) is 0.867. The first-order valence-corrected chi connectivity index (χ1v) is 7.87. The normalized spacial score (nSPS) is 32.7. The Kier molecular flexibility index (Phi) is 5.53. The van der Waals surface area contributed by atoms with Gasteiger partial charge in [0.05, 0.1) is 0 Å². The Hall–Kier alpha value is -0.0500. The Bertz CT molecular complexity index is 284. The molecule has 0 radical (unpaired) electrons. The van der Waals surface area contributed by atoms with Crippen molar-refractivity contribution in [1.29, 1.82) is 0 Å². The molecule has 2 unspecified atom stereocenters. The second-order valence-electron chi connectivity index (χ2n) is 6.15.